The molecule has 1 saturated heterocycles. The smallest absolute Gasteiger partial charge is 0.239 e. The third kappa shape index (κ3) is 5.04. The molecule has 1 aromatic carbocycles. The predicted octanol–water partition coefficient (Wildman–Crippen LogP) is 0.355. The van der Waals surface area contributed by atoms with Crippen molar-refractivity contribution < 1.29 is 9.59 Å². The van der Waals surface area contributed by atoms with Crippen molar-refractivity contribution in [3.63, 3.8) is 0 Å². The fraction of sp³-hybridized carbons (Fsp3) is 0.529. The highest BCUT2D eigenvalue weighted by Gasteiger charge is 2.29. The van der Waals surface area contributed by atoms with Gasteiger partial charge in [0.05, 0.1) is 6.54 Å². The molecule has 1 unspecified atom stereocenters. The van der Waals surface area contributed by atoms with E-state index in [9.17, 15) is 9.59 Å². The molecule has 1 fully saturated rings. The van der Waals surface area contributed by atoms with E-state index >= 15 is 0 Å². The molecule has 6 heteroatoms. The zero-order valence-corrected chi connectivity index (χ0v) is 13.9. The number of piperazine rings is 1. The largest absolute Gasteiger partial charge is 0.368 e. The highest BCUT2D eigenvalue weighted by molar-refractivity contribution is 5.81. The van der Waals surface area contributed by atoms with E-state index in [1.54, 1.807) is 0 Å². The Balaban J connectivity index is 1.92. The van der Waals surface area contributed by atoms with Gasteiger partial charge < -0.3 is 11.1 Å². The molecule has 1 aromatic rings. The number of rotatable bonds is 6. The van der Waals surface area contributed by atoms with E-state index in [0.717, 1.165) is 31.7 Å². The third-order valence-electron chi connectivity index (χ3n) is 3.97. The number of primary amides is 1. The summed E-state index contributed by atoms with van der Waals surface area (Å²) in [5, 5.41) is 2.90. The van der Waals surface area contributed by atoms with Crippen LogP contribution in [0.15, 0.2) is 30.3 Å². The fourth-order valence-corrected chi connectivity index (χ4v) is 2.94. The van der Waals surface area contributed by atoms with Crippen LogP contribution in [0, 0.1) is 0 Å². The molecule has 2 amide bonds. The lowest BCUT2D eigenvalue weighted by atomic mass is 10.0. The lowest BCUT2D eigenvalue weighted by Crippen LogP contribution is -2.52. The molecule has 0 saturated carbocycles. The summed E-state index contributed by atoms with van der Waals surface area (Å²) >= 11 is 0. The van der Waals surface area contributed by atoms with Crippen LogP contribution in [-0.2, 0) is 9.59 Å². The topological polar surface area (TPSA) is 78.7 Å². The first-order valence-corrected chi connectivity index (χ1v) is 8.07. The Kier molecular flexibility index (Phi) is 6.12. The normalized spacial score (nSPS) is 17.9. The van der Waals surface area contributed by atoms with Gasteiger partial charge in [-0.05, 0) is 19.4 Å². The summed E-state index contributed by atoms with van der Waals surface area (Å²) in [6, 6.07) is 9.36. The van der Waals surface area contributed by atoms with Gasteiger partial charge in [-0.15, -0.1) is 0 Å². The second-order valence-corrected chi connectivity index (χ2v) is 6.25. The summed E-state index contributed by atoms with van der Waals surface area (Å²) in [4.78, 5) is 27.9. The standard InChI is InChI=1S/C17H26N4O2/c1-13(2)19-15(22)12-20-8-10-21(11-9-20)16(17(18)23)14-6-4-3-5-7-14/h3-7,13,16H,8-12H2,1-2H3,(H2,18,23)(H,19,22). The molecule has 1 atom stereocenters. The summed E-state index contributed by atoms with van der Waals surface area (Å²) in [7, 11) is 0. The molecule has 0 aliphatic carbocycles. The minimum Gasteiger partial charge on any atom is -0.368 e. The molecular formula is C17H26N4O2. The van der Waals surface area contributed by atoms with Crippen LogP contribution in [0.25, 0.3) is 0 Å². The number of benzene rings is 1. The summed E-state index contributed by atoms with van der Waals surface area (Å²) in [6.07, 6.45) is 0. The molecule has 6 nitrogen and oxygen atoms in total. The molecule has 0 bridgehead atoms. The molecule has 0 spiro atoms. The summed E-state index contributed by atoms with van der Waals surface area (Å²) < 4.78 is 0. The van der Waals surface area contributed by atoms with E-state index in [4.69, 9.17) is 5.73 Å². The second-order valence-electron chi connectivity index (χ2n) is 6.25. The van der Waals surface area contributed by atoms with E-state index in [1.165, 1.54) is 0 Å². The molecule has 0 radical (unpaired) electrons. The van der Waals surface area contributed by atoms with Gasteiger partial charge in [-0.3, -0.25) is 19.4 Å². The highest BCUT2D eigenvalue weighted by Crippen LogP contribution is 2.21. The van der Waals surface area contributed by atoms with E-state index in [-0.39, 0.29) is 17.9 Å². The molecule has 1 heterocycles. The van der Waals surface area contributed by atoms with Crippen LogP contribution in [0.3, 0.4) is 0 Å². The van der Waals surface area contributed by atoms with E-state index < -0.39 is 6.04 Å². The van der Waals surface area contributed by atoms with Crippen LogP contribution in [0.4, 0.5) is 0 Å². The van der Waals surface area contributed by atoms with Gasteiger partial charge >= 0.3 is 0 Å². The van der Waals surface area contributed by atoms with Crippen LogP contribution < -0.4 is 11.1 Å². The molecule has 2 rings (SSSR count). The number of nitrogens with zero attached hydrogens (tertiary/aromatic N) is 2. The van der Waals surface area contributed by atoms with Gasteiger partial charge in [0.1, 0.15) is 6.04 Å². The SMILES string of the molecule is CC(C)NC(=O)CN1CCN(C(C(N)=O)c2ccccc2)CC1. The monoisotopic (exact) mass is 318 g/mol. The van der Waals surface area contributed by atoms with Crippen molar-refractivity contribution in [3.8, 4) is 0 Å². The van der Waals surface area contributed by atoms with Crippen molar-refractivity contribution in [1.29, 1.82) is 0 Å². The number of carbonyl (C=O) groups excluding carboxylic acids is 2. The Hall–Kier alpha value is -1.92. The number of hydrogen-bond donors (Lipinski definition) is 2. The maximum absolute atomic E-state index is 11.9. The van der Waals surface area contributed by atoms with Gasteiger partial charge in [0.2, 0.25) is 11.8 Å². The van der Waals surface area contributed by atoms with Crippen molar-refractivity contribution in [2.24, 2.45) is 5.73 Å². The lowest BCUT2D eigenvalue weighted by Gasteiger charge is -2.38. The molecule has 1 aliphatic rings. The zero-order chi connectivity index (χ0) is 16.8. The van der Waals surface area contributed by atoms with Crippen LogP contribution >= 0.6 is 0 Å². The Morgan fingerprint density at radius 3 is 2.26 bits per heavy atom. The first-order valence-electron chi connectivity index (χ1n) is 8.07. The molecular weight excluding hydrogens is 292 g/mol. The number of nitrogens with two attached hydrogens (primary N) is 1. The molecule has 23 heavy (non-hydrogen) atoms. The Labute approximate surface area is 137 Å². The van der Waals surface area contributed by atoms with Gasteiger partial charge in [0, 0.05) is 32.2 Å². The number of hydrogen-bond acceptors (Lipinski definition) is 4. The summed E-state index contributed by atoms with van der Waals surface area (Å²) in [5.41, 5.74) is 6.53. The predicted molar refractivity (Wildman–Crippen MR) is 89.7 cm³/mol. The minimum atomic E-state index is -0.400. The van der Waals surface area contributed by atoms with Crippen molar-refractivity contribution in [2.75, 3.05) is 32.7 Å². The van der Waals surface area contributed by atoms with Crippen molar-refractivity contribution in [2.45, 2.75) is 25.9 Å². The lowest BCUT2D eigenvalue weighted by molar-refractivity contribution is -0.126. The van der Waals surface area contributed by atoms with Crippen LogP contribution in [-0.4, -0.2) is 60.4 Å². The molecule has 3 N–H and O–H groups in total. The summed E-state index contributed by atoms with van der Waals surface area (Å²) in [6.45, 7) is 7.25. The second kappa shape index (κ2) is 8.08. The van der Waals surface area contributed by atoms with E-state index in [0.29, 0.717) is 6.54 Å². The van der Waals surface area contributed by atoms with E-state index in [2.05, 4.69) is 15.1 Å². The highest BCUT2D eigenvalue weighted by atomic mass is 16.2. The van der Waals surface area contributed by atoms with Crippen molar-refractivity contribution in [1.82, 2.24) is 15.1 Å². The zero-order valence-electron chi connectivity index (χ0n) is 13.9. The third-order valence-corrected chi connectivity index (χ3v) is 3.97. The van der Waals surface area contributed by atoms with Crippen LogP contribution in [0.1, 0.15) is 25.5 Å². The van der Waals surface area contributed by atoms with Crippen molar-refractivity contribution in [3.05, 3.63) is 35.9 Å². The Morgan fingerprint density at radius 2 is 1.74 bits per heavy atom. The van der Waals surface area contributed by atoms with E-state index in [1.807, 2.05) is 44.2 Å². The van der Waals surface area contributed by atoms with Crippen LogP contribution in [0.5, 0.6) is 0 Å². The van der Waals surface area contributed by atoms with Crippen LogP contribution in [0.2, 0.25) is 0 Å². The number of amides is 2. The average Bonchev–Trinajstić information content (AvgIpc) is 2.49. The van der Waals surface area contributed by atoms with Gasteiger partial charge in [-0.2, -0.15) is 0 Å². The Bertz CT molecular complexity index is 525. The fourth-order valence-electron chi connectivity index (χ4n) is 2.94. The first-order chi connectivity index (χ1) is 11.0. The first kappa shape index (κ1) is 17.4. The van der Waals surface area contributed by atoms with Gasteiger partial charge in [-0.1, -0.05) is 30.3 Å². The average molecular weight is 318 g/mol. The minimum absolute atomic E-state index is 0.0444. The molecule has 0 aromatic heterocycles. The van der Waals surface area contributed by atoms with Gasteiger partial charge in [0.15, 0.2) is 0 Å². The summed E-state index contributed by atoms with van der Waals surface area (Å²) in [5.74, 6) is -0.287. The molecule has 1 aliphatic heterocycles. The van der Waals surface area contributed by atoms with Gasteiger partial charge in [0.25, 0.3) is 0 Å². The quantitative estimate of drug-likeness (QED) is 0.793. The number of nitrogens with one attached hydrogen (secondary N) is 1. The van der Waals surface area contributed by atoms with Crippen molar-refractivity contribution >= 4 is 11.8 Å². The van der Waals surface area contributed by atoms with Gasteiger partial charge in [-0.25, -0.2) is 0 Å². The maximum atomic E-state index is 11.9. The maximum Gasteiger partial charge on any atom is 0.239 e. The number of carbonyl (C=O) groups is 2. The Morgan fingerprint density at radius 1 is 1.13 bits per heavy atom. The molecule has 126 valence electrons.